The van der Waals surface area contributed by atoms with Crippen LogP contribution in [0.4, 0.5) is 0 Å². The first-order valence-corrected chi connectivity index (χ1v) is 5.76. The minimum absolute atomic E-state index is 0.0367. The Balaban J connectivity index is 2.74. The highest BCUT2D eigenvalue weighted by molar-refractivity contribution is 5.65. The number of carbonyl (C=O) groups is 1. The second-order valence-corrected chi connectivity index (χ2v) is 3.80. The predicted octanol–water partition coefficient (Wildman–Crippen LogP) is -0.987. The van der Waals surface area contributed by atoms with E-state index in [4.69, 9.17) is 9.84 Å². The molecule has 1 aliphatic rings. The second-order valence-electron chi connectivity index (χ2n) is 3.80. The first kappa shape index (κ1) is 15.7. The zero-order valence-corrected chi connectivity index (χ0v) is 10.9. The van der Waals surface area contributed by atoms with Crippen LogP contribution in [0.5, 0.6) is 0 Å². The van der Waals surface area contributed by atoms with Crippen LogP contribution < -0.4 is 5.32 Å². The van der Waals surface area contributed by atoms with Crippen LogP contribution in [-0.2, 0) is 9.53 Å². The van der Waals surface area contributed by atoms with Gasteiger partial charge in [0.15, 0.2) is 0 Å². The first-order chi connectivity index (χ1) is 9.45. The van der Waals surface area contributed by atoms with Crippen molar-refractivity contribution in [1.82, 2.24) is 15.3 Å². The minimum Gasteiger partial charge on any atom is -0.462 e. The lowest BCUT2D eigenvalue weighted by molar-refractivity contribution is -0.443. The number of hydrogen-bond donors (Lipinski definition) is 3. The number of nitro groups is 1. The summed E-state index contributed by atoms with van der Waals surface area (Å²) in [4.78, 5) is 22.2. The normalized spacial score (nSPS) is 15.8. The number of nitrogens with zero attached hydrogens (tertiary/aromatic N) is 3. The fourth-order valence-electron chi connectivity index (χ4n) is 1.50. The van der Waals surface area contributed by atoms with E-state index in [1.54, 1.807) is 0 Å². The number of aliphatic hydroxyl groups is 1. The Labute approximate surface area is 114 Å². The third-order valence-corrected chi connectivity index (χ3v) is 2.32. The van der Waals surface area contributed by atoms with Crippen molar-refractivity contribution in [2.75, 3.05) is 26.3 Å². The molecule has 0 atom stereocenters. The van der Waals surface area contributed by atoms with E-state index in [2.05, 4.69) is 5.32 Å². The van der Waals surface area contributed by atoms with E-state index in [1.165, 1.54) is 18.0 Å². The van der Waals surface area contributed by atoms with Crippen molar-refractivity contribution < 1.29 is 24.8 Å². The summed E-state index contributed by atoms with van der Waals surface area (Å²) < 4.78 is 4.73. The van der Waals surface area contributed by atoms with E-state index in [1.807, 2.05) is 0 Å². The lowest BCUT2D eigenvalue weighted by atomic mass is 10.5. The number of esters is 1. The van der Waals surface area contributed by atoms with E-state index in [-0.39, 0.29) is 37.9 Å². The second kappa shape index (κ2) is 7.31. The summed E-state index contributed by atoms with van der Waals surface area (Å²) in [5.41, 5.74) is 0. The molecule has 10 nitrogen and oxygen atoms in total. The third kappa shape index (κ3) is 4.40. The lowest BCUT2D eigenvalue weighted by Gasteiger charge is -2.17. The van der Waals surface area contributed by atoms with Gasteiger partial charge in [-0.25, -0.2) is 4.90 Å². The van der Waals surface area contributed by atoms with Gasteiger partial charge >= 0.3 is 11.8 Å². The maximum Gasteiger partial charge on any atom is 0.340 e. The zero-order valence-electron chi connectivity index (χ0n) is 10.9. The van der Waals surface area contributed by atoms with Gasteiger partial charge in [-0.15, -0.1) is 0 Å². The molecule has 20 heavy (non-hydrogen) atoms. The molecule has 0 radical (unpaired) electrons. The van der Waals surface area contributed by atoms with Gasteiger partial charge < -0.3 is 25.3 Å². The van der Waals surface area contributed by atoms with Gasteiger partial charge in [0.25, 0.3) is 0 Å². The molecule has 0 aromatic heterocycles. The molecule has 1 heterocycles. The number of hydrogen-bond acceptors (Lipinski definition) is 9. The summed E-state index contributed by atoms with van der Waals surface area (Å²) >= 11 is 0. The zero-order chi connectivity index (χ0) is 15.1. The van der Waals surface area contributed by atoms with Crippen LogP contribution in [0, 0.1) is 10.1 Å². The van der Waals surface area contributed by atoms with Crippen LogP contribution in [0.1, 0.15) is 6.92 Å². The number of hydroxylamine groups is 2. The molecule has 3 N–H and O–H groups in total. The van der Waals surface area contributed by atoms with Crippen molar-refractivity contribution in [2.24, 2.45) is 0 Å². The summed E-state index contributed by atoms with van der Waals surface area (Å²) in [6.45, 7) is 0.934. The van der Waals surface area contributed by atoms with E-state index in [0.29, 0.717) is 5.06 Å². The molecule has 0 bridgehead atoms. The predicted molar refractivity (Wildman–Crippen MR) is 65.2 cm³/mol. The summed E-state index contributed by atoms with van der Waals surface area (Å²) in [5, 5.41) is 32.3. The van der Waals surface area contributed by atoms with Gasteiger partial charge in [0.1, 0.15) is 13.2 Å². The molecule has 1 rings (SSSR count). The van der Waals surface area contributed by atoms with Crippen LogP contribution in [-0.4, -0.2) is 57.5 Å². The molecule has 0 unspecified atom stereocenters. The smallest absolute Gasteiger partial charge is 0.340 e. The van der Waals surface area contributed by atoms with Crippen molar-refractivity contribution in [3.05, 3.63) is 34.2 Å². The van der Waals surface area contributed by atoms with Gasteiger partial charge in [0, 0.05) is 6.92 Å². The number of carbonyl (C=O) groups excluding carboxylic acids is 1. The highest BCUT2D eigenvalue weighted by atomic mass is 16.6. The quantitative estimate of drug-likeness (QED) is 0.307. The van der Waals surface area contributed by atoms with Crippen molar-refractivity contribution in [3.63, 3.8) is 0 Å². The van der Waals surface area contributed by atoms with E-state index >= 15 is 0 Å². The molecule has 0 aliphatic carbocycles. The Morgan fingerprint density at radius 3 is 2.95 bits per heavy atom. The number of rotatable bonds is 7. The average molecular weight is 288 g/mol. The van der Waals surface area contributed by atoms with Crippen LogP contribution in [0.3, 0.4) is 0 Å². The Bertz CT molecular complexity index is 435. The molecule has 0 aromatic rings. The fourth-order valence-corrected chi connectivity index (χ4v) is 1.50. The van der Waals surface area contributed by atoms with E-state index in [0.717, 1.165) is 6.20 Å². The summed E-state index contributed by atoms with van der Waals surface area (Å²) in [5.74, 6) is -0.487. The molecule has 0 saturated heterocycles. The molecule has 1 aliphatic heterocycles. The van der Waals surface area contributed by atoms with Crippen molar-refractivity contribution in [1.29, 1.82) is 0 Å². The maximum absolute atomic E-state index is 10.9. The van der Waals surface area contributed by atoms with Gasteiger partial charge in [0.05, 0.1) is 25.6 Å². The van der Waals surface area contributed by atoms with Gasteiger partial charge in [-0.05, 0) is 4.92 Å². The minimum atomic E-state index is -0.602. The van der Waals surface area contributed by atoms with Crippen molar-refractivity contribution in [2.45, 2.75) is 6.92 Å². The standard InChI is InChI=1S/C10H16N4O6/c1-8(16)20-5-3-13-9(7-12(17)2-4-15)11-6-10(13)14(18)19/h6-7,11,15,17H,2-5H2,1H3. The SMILES string of the molecule is CC(=O)OCCN1C(=CN(O)CCO)NC=C1[N+](=O)[O-]. The summed E-state index contributed by atoms with van der Waals surface area (Å²) in [7, 11) is 0. The largest absolute Gasteiger partial charge is 0.462 e. The van der Waals surface area contributed by atoms with Gasteiger partial charge in [-0.3, -0.25) is 15.1 Å². The molecular formula is C10H16N4O6. The Hall–Kier alpha value is -2.33. The van der Waals surface area contributed by atoms with Crippen molar-refractivity contribution >= 4 is 5.97 Å². The maximum atomic E-state index is 10.9. The van der Waals surface area contributed by atoms with Crippen LogP contribution in [0.15, 0.2) is 24.0 Å². The van der Waals surface area contributed by atoms with Crippen molar-refractivity contribution in [3.8, 4) is 0 Å². The highest BCUT2D eigenvalue weighted by Crippen LogP contribution is 2.17. The number of aliphatic hydroxyl groups excluding tert-OH is 1. The van der Waals surface area contributed by atoms with Crippen LogP contribution in [0.25, 0.3) is 0 Å². The average Bonchev–Trinajstić information content (AvgIpc) is 2.72. The molecule has 10 heteroatoms. The first-order valence-electron chi connectivity index (χ1n) is 5.76. The molecular weight excluding hydrogens is 272 g/mol. The Morgan fingerprint density at radius 1 is 1.70 bits per heavy atom. The Kier molecular flexibility index (Phi) is 5.74. The van der Waals surface area contributed by atoms with Crippen LogP contribution >= 0.6 is 0 Å². The number of nitrogens with one attached hydrogen (secondary N) is 1. The molecule has 0 fully saturated rings. The molecule has 0 spiro atoms. The summed E-state index contributed by atoms with van der Waals surface area (Å²) in [6, 6.07) is 0. The van der Waals surface area contributed by atoms with Crippen LogP contribution in [0.2, 0.25) is 0 Å². The fraction of sp³-hybridized carbons (Fsp3) is 0.500. The Morgan fingerprint density at radius 2 is 2.40 bits per heavy atom. The van der Waals surface area contributed by atoms with E-state index in [9.17, 15) is 20.1 Å². The molecule has 0 saturated carbocycles. The third-order valence-electron chi connectivity index (χ3n) is 2.32. The topological polar surface area (TPSA) is 128 Å². The van der Waals surface area contributed by atoms with Gasteiger partial charge in [0.2, 0.25) is 5.82 Å². The van der Waals surface area contributed by atoms with Gasteiger partial charge in [-0.2, -0.15) is 0 Å². The van der Waals surface area contributed by atoms with E-state index < -0.39 is 10.9 Å². The van der Waals surface area contributed by atoms with Gasteiger partial charge in [-0.1, -0.05) is 0 Å². The molecule has 0 aromatic carbocycles. The monoisotopic (exact) mass is 288 g/mol. The summed E-state index contributed by atoms with van der Waals surface area (Å²) in [6.07, 6.45) is 2.35. The highest BCUT2D eigenvalue weighted by Gasteiger charge is 2.31. The molecule has 112 valence electrons. The number of ether oxygens (including phenoxy) is 1. The molecule has 0 amide bonds. The lowest BCUT2D eigenvalue weighted by Crippen LogP contribution is -2.31.